The van der Waals surface area contributed by atoms with Crippen molar-refractivity contribution in [1.82, 2.24) is 0 Å². The smallest absolute Gasteiger partial charge is 0.402 e. The fourth-order valence-electron chi connectivity index (χ4n) is 0. The van der Waals surface area contributed by atoms with Crippen LogP contribution < -0.4 is 5.73 Å². The summed E-state index contributed by atoms with van der Waals surface area (Å²) in [7, 11) is 0. The van der Waals surface area contributed by atoms with Gasteiger partial charge in [-0.15, -0.1) is 0 Å². The maximum Gasteiger partial charge on any atom is 0.402 e. The van der Waals surface area contributed by atoms with Gasteiger partial charge in [0.2, 0.25) is 0 Å². The maximum absolute atomic E-state index is 8.78. The van der Waals surface area contributed by atoms with E-state index in [9.17, 15) is 0 Å². The Balaban J connectivity index is 0. The zero-order chi connectivity index (χ0) is 3.58. The van der Waals surface area contributed by atoms with Gasteiger partial charge in [-0.2, -0.15) is 0 Å². The number of hydrogen-bond donors (Lipinski definition) is 2. The van der Waals surface area contributed by atoms with Gasteiger partial charge in [0.1, 0.15) is 0 Å². The zero-order valence-corrected chi connectivity index (χ0v) is 3.18. The van der Waals surface area contributed by atoms with Crippen LogP contribution in [0.1, 0.15) is 0 Å². The summed E-state index contributed by atoms with van der Waals surface area (Å²) in [6.07, 6.45) is -1.33. The van der Waals surface area contributed by atoms with Gasteiger partial charge in [0, 0.05) is 17.1 Å². The molecule has 0 fully saturated rings. The Hall–Kier alpha value is -0.211. The number of carboxylic acid groups (broad SMARTS) is 1. The molecule has 0 aromatic rings. The van der Waals surface area contributed by atoms with E-state index >= 15 is 0 Å². The summed E-state index contributed by atoms with van der Waals surface area (Å²) in [5.74, 6) is 0. The fourth-order valence-corrected chi connectivity index (χ4v) is 0. The second kappa shape index (κ2) is 3.79. The van der Waals surface area contributed by atoms with Crippen molar-refractivity contribution in [2.24, 2.45) is 5.73 Å². The molecule has 0 aliphatic heterocycles. The van der Waals surface area contributed by atoms with Crippen LogP contribution in [0.15, 0.2) is 0 Å². The maximum atomic E-state index is 8.78. The Bertz CT molecular complexity index is 32.6. The third-order valence-electron chi connectivity index (χ3n) is 0. The van der Waals surface area contributed by atoms with Gasteiger partial charge < -0.3 is 10.8 Å². The molecule has 4 heteroatoms. The molecule has 0 unspecified atom stereocenters. The summed E-state index contributed by atoms with van der Waals surface area (Å²) in [5.41, 5.74) is 4.03. The van der Waals surface area contributed by atoms with Crippen molar-refractivity contribution in [2.75, 3.05) is 0 Å². The fraction of sp³-hybridized carbons (Fsp3) is 0. The molecule has 3 nitrogen and oxygen atoms in total. The van der Waals surface area contributed by atoms with E-state index in [1.54, 1.807) is 0 Å². The Morgan fingerprint density at radius 1 is 1.80 bits per heavy atom. The van der Waals surface area contributed by atoms with Gasteiger partial charge in [0.15, 0.2) is 0 Å². The van der Waals surface area contributed by atoms with Crippen LogP contribution in [0.25, 0.3) is 0 Å². The summed E-state index contributed by atoms with van der Waals surface area (Å²) in [5, 5.41) is 7.19. The van der Waals surface area contributed by atoms with Crippen molar-refractivity contribution in [2.45, 2.75) is 0 Å². The van der Waals surface area contributed by atoms with Crippen LogP contribution in [0.2, 0.25) is 0 Å². The largest absolute Gasteiger partial charge is 0.465 e. The molecule has 0 aliphatic carbocycles. The minimum absolute atomic E-state index is 0. The van der Waals surface area contributed by atoms with Crippen molar-refractivity contribution < 1.29 is 27.0 Å². The van der Waals surface area contributed by atoms with Crippen molar-refractivity contribution in [1.29, 1.82) is 0 Å². The van der Waals surface area contributed by atoms with E-state index in [0.29, 0.717) is 0 Å². The zero-order valence-electron chi connectivity index (χ0n) is 2.23. The van der Waals surface area contributed by atoms with Crippen LogP contribution >= 0.6 is 0 Å². The Kier molecular flexibility index (Phi) is 6.70. The first-order chi connectivity index (χ1) is 1.73. The molecule has 0 atom stereocenters. The molecule has 1 radical (unpaired) electrons. The van der Waals surface area contributed by atoms with Crippen LogP contribution in [0.3, 0.4) is 0 Å². The Morgan fingerprint density at radius 3 is 1.80 bits per heavy atom. The van der Waals surface area contributed by atoms with Crippen LogP contribution in [0.4, 0.5) is 4.79 Å². The molecule has 3 N–H and O–H groups in total. The Morgan fingerprint density at radius 2 is 1.80 bits per heavy atom. The van der Waals surface area contributed by atoms with Crippen molar-refractivity contribution in [3.8, 4) is 0 Å². The summed E-state index contributed by atoms with van der Waals surface area (Å²) >= 11 is 0. The Labute approximate surface area is 39.6 Å². The summed E-state index contributed by atoms with van der Waals surface area (Å²) in [4.78, 5) is 8.78. The molecule has 0 saturated carbocycles. The first-order valence-corrected chi connectivity index (χ1v) is 0.716. The van der Waals surface area contributed by atoms with Gasteiger partial charge >= 0.3 is 6.09 Å². The van der Waals surface area contributed by atoms with Crippen molar-refractivity contribution in [3.05, 3.63) is 0 Å². The van der Waals surface area contributed by atoms with E-state index in [4.69, 9.17) is 9.90 Å². The molecular weight excluding hydrogens is 122 g/mol. The van der Waals surface area contributed by atoms with E-state index in [2.05, 4.69) is 5.73 Å². The average molecular weight is 125 g/mol. The molecule has 5 heavy (non-hydrogen) atoms. The first-order valence-electron chi connectivity index (χ1n) is 0.716. The molecule has 0 rings (SSSR count). The molecule has 0 heterocycles. The summed E-state index contributed by atoms with van der Waals surface area (Å²) < 4.78 is 0. The molecule has 0 aromatic carbocycles. The third-order valence-corrected chi connectivity index (χ3v) is 0. The van der Waals surface area contributed by atoms with Crippen LogP contribution in [-0.4, -0.2) is 11.2 Å². The van der Waals surface area contributed by atoms with Crippen LogP contribution in [-0.2, 0) is 17.1 Å². The monoisotopic (exact) mass is 124 g/mol. The van der Waals surface area contributed by atoms with E-state index in [-0.39, 0.29) is 17.1 Å². The molecule has 0 aromatic heterocycles. The van der Waals surface area contributed by atoms with E-state index < -0.39 is 6.09 Å². The van der Waals surface area contributed by atoms with Gasteiger partial charge in [-0.05, 0) is 0 Å². The topological polar surface area (TPSA) is 63.3 Å². The van der Waals surface area contributed by atoms with Gasteiger partial charge in [0.25, 0.3) is 0 Å². The molecule has 0 spiro atoms. The predicted octanol–water partition coefficient (Wildman–Crippen LogP) is -0.379. The molecule has 0 bridgehead atoms. The third kappa shape index (κ3) is 274. The van der Waals surface area contributed by atoms with Crippen LogP contribution in [0.5, 0.6) is 0 Å². The van der Waals surface area contributed by atoms with E-state index in [1.165, 1.54) is 0 Å². The normalized spacial score (nSPS) is 4.80. The minimum Gasteiger partial charge on any atom is -0.465 e. The molecule has 0 aliphatic rings. The number of amides is 1. The predicted molar refractivity (Wildman–Crippen MR) is 12.2 cm³/mol. The minimum atomic E-state index is -1.33. The quantitative estimate of drug-likeness (QED) is 0.433. The number of primary amides is 1. The van der Waals surface area contributed by atoms with E-state index in [1.807, 2.05) is 0 Å². The van der Waals surface area contributed by atoms with Gasteiger partial charge in [0.05, 0.1) is 0 Å². The summed E-state index contributed by atoms with van der Waals surface area (Å²) in [6, 6.07) is 0. The molecule has 0 saturated heterocycles. The van der Waals surface area contributed by atoms with Gasteiger partial charge in [-0.25, -0.2) is 4.79 Å². The van der Waals surface area contributed by atoms with Crippen molar-refractivity contribution in [3.63, 3.8) is 0 Å². The molecule has 35 valence electrons. The molecular formula is CH3CuNO2. The number of hydrogen-bond acceptors (Lipinski definition) is 1. The van der Waals surface area contributed by atoms with Gasteiger partial charge in [-0.1, -0.05) is 0 Å². The van der Waals surface area contributed by atoms with Gasteiger partial charge in [-0.3, -0.25) is 0 Å². The van der Waals surface area contributed by atoms with E-state index in [0.717, 1.165) is 0 Å². The number of rotatable bonds is 0. The molecule has 1 amide bonds. The summed E-state index contributed by atoms with van der Waals surface area (Å²) in [6.45, 7) is 0. The number of nitrogens with two attached hydrogens (primary N) is 1. The van der Waals surface area contributed by atoms with Crippen molar-refractivity contribution >= 4 is 6.09 Å². The average Bonchev–Trinajstić information content (AvgIpc) is 0.811. The SMILES string of the molecule is NC(=O)O.[Cu]. The first kappa shape index (κ1) is 8.84. The number of carbonyl (C=O) groups is 1. The van der Waals surface area contributed by atoms with Crippen LogP contribution in [0, 0.1) is 0 Å². The standard InChI is InChI=1S/CH3NO2.Cu/c2-1(3)4;/h2H2,(H,3,4);. The second-order valence-corrected chi connectivity index (χ2v) is 0.338. The second-order valence-electron chi connectivity index (χ2n) is 0.338.